The number of amides is 1. The summed E-state index contributed by atoms with van der Waals surface area (Å²) in [6.45, 7) is 2.59. The molecule has 3 aromatic rings. The molecule has 6 nitrogen and oxygen atoms in total. The van der Waals surface area contributed by atoms with Crippen LogP contribution in [0.1, 0.15) is 29.1 Å². The summed E-state index contributed by atoms with van der Waals surface area (Å²) < 4.78 is 19.2. The lowest BCUT2D eigenvalue weighted by atomic mass is 10.0. The van der Waals surface area contributed by atoms with E-state index >= 15 is 0 Å². The van der Waals surface area contributed by atoms with Crippen LogP contribution in [0.2, 0.25) is 0 Å². The molecule has 0 spiro atoms. The Morgan fingerprint density at radius 2 is 2.07 bits per heavy atom. The molecule has 0 aliphatic carbocycles. The minimum Gasteiger partial charge on any atom is -0.468 e. The van der Waals surface area contributed by atoms with Crippen LogP contribution in [0.25, 0.3) is 11.3 Å². The standard InChI is InChI=1S/C20H21FN4O2/c21-17-6-2-1-5-16(17)18-12-19(24-23-18)20(26)22-14-7-9-25(10-8-14)13-15-4-3-11-27-15/h1-6,11-12,14H,7-10,13H2,(H,22,26)(H,23,24). The van der Waals surface area contributed by atoms with Gasteiger partial charge >= 0.3 is 0 Å². The van der Waals surface area contributed by atoms with Crippen molar-refractivity contribution in [1.29, 1.82) is 0 Å². The van der Waals surface area contributed by atoms with Crippen LogP contribution in [0.3, 0.4) is 0 Å². The van der Waals surface area contributed by atoms with Crippen LogP contribution in [-0.2, 0) is 6.54 Å². The molecule has 1 aliphatic rings. The Labute approximate surface area is 156 Å². The first-order chi connectivity index (χ1) is 13.2. The lowest BCUT2D eigenvalue weighted by molar-refractivity contribution is 0.0901. The number of benzene rings is 1. The van der Waals surface area contributed by atoms with Crippen molar-refractivity contribution in [1.82, 2.24) is 20.4 Å². The number of halogens is 1. The maximum atomic E-state index is 13.9. The van der Waals surface area contributed by atoms with Gasteiger partial charge < -0.3 is 9.73 Å². The van der Waals surface area contributed by atoms with Crippen molar-refractivity contribution in [2.45, 2.75) is 25.4 Å². The van der Waals surface area contributed by atoms with Gasteiger partial charge in [0.15, 0.2) is 0 Å². The highest BCUT2D eigenvalue weighted by Gasteiger charge is 2.22. The average Bonchev–Trinajstić information content (AvgIpc) is 3.36. The Kier molecular flexibility index (Phi) is 5.02. The third-order valence-corrected chi connectivity index (χ3v) is 4.85. The predicted molar refractivity (Wildman–Crippen MR) is 98.5 cm³/mol. The van der Waals surface area contributed by atoms with Gasteiger partial charge in [0.1, 0.15) is 17.3 Å². The largest absolute Gasteiger partial charge is 0.468 e. The van der Waals surface area contributed by atoms with E-state index in [0.717, 1.165) is 38.2 Å². The lowest BCUT2D eigenvalue weighted by Gasteiger charge is -2.31. The molecule has 0 saturated carbocycles. The molecule has 140 valence electrons. The summed E-state index contributed by atoms with van der Waals surface area (Å²) in [6.07, 6.45) is 3.43. The highest BCUT2D eigenvalue weighted by Crippen LogP contribution is 2.21. The van der Waals surface area contributed by atoms with E-state index < -0.39 is 0 Å². The van der Waals surface area contributed by atoms with Crippen LogP contribution in [0.15, 0.2) is 53.1 Å². The molecule has 1 amide bonds. The van der Waals surface area contributed by atoms with Crippen LogP contribution < -0.4 is 5.32 Å². The third-order valence-electron chi connectivity index (χ3n) is 4.85. The Bertz CT molecular complexity index is 898. The summed E-state index contributed by atoms with van der Waals surface area (Å²) in [6, 6.07) is 11.9. The Morgan fingerprint density at radius 3 is 2.81 bits per heavy atom. The molecule has 1 aliphatic heterocycles. The first-order valence-corrected chi connectivity index (χ1v) is 9.05. The van der Waals surface area contributed by atoms with Crippen LogP contribution in [0.5, 0.6) is 0 Å². The topological polar surface area (TPSA) is 74.2 Å². The third kappa shape index (κ3) is 4.09. The SMILES string of the molecule is O=C(NC1CCN(Cc2ccco2)CC1)c1cc(-c2ccccc2F)n[nH]1. The molecule has 3 heterocycles. The number of furan rings is 1. The molecule has 7 heteroatoms. The fraction of sp³-hybridized carbons (Fsp3) is 0.300. The normalized spacial score (nSPS) is 15.7. The number of likely N-dealkylation sites (tertiary alicyclic amines) is 1. The van der Waals surface area contributed by atoms with Gasteiger partial charge in [0.05, 0.1) is 18.5 Å². The maximum absolute atomic E-state index is 13.9. The zero-order valence-electron chi connectivity index (χ0n) is 14.8. The van der Waals surface area contributed by atoms with Crippen LogP contribution in [0, 0.1) is 5.82 Å². The van der Waals surface area contributed by atoms with E-state index in [4.69, 9.17) is 4.42 Å². The molecule has 1 fully saturated rings. The smallest absolute Gasteiger partial charge is 0.269 e. The summed E-state index contributed by atoms with van der Waals surface area (Å²) in [7, 11) is 0. The van der Waals surface area contributed by atoms with Crippen molar-refractivity contribution < 1.29 is 13.6 Å². The zero-order valence-corrected chi connectivity index (χ0v) is 14.8. The zero-order chi connectivity index (χ0) is 18.6. The van der Waals surface area contributed by atoms with E-state index in [2.05, 4.69) is 20.4 Å². The number of H-pyrrole nitrogens is 1. The van der Waals surface area contributed by atoms with Crippen LogP contribution >= 0.6 is 0 Å². The van der Waals surface area contributed by atoms with E-state index in [1.807, 2.05) is 12.1 Å². The molecule has 4 rings (SSSR count). The molecule has 1 aromatic carbocycles. The molecule has 2 aromatic heterocycles. The molecule has 1 saturated heterocycles. The first-order valence-electron chi connectivity index (χ1n) is 9.05. The first kappa shape index (κ1) is 17.5. The molecule has 0 bridgehead atoms. The van der Waals surface area contributed by atoms with Crippen LogP contribution in [0.4, 0.5) is 4.39 Å². The quantitative estimate of drug-likeness (QED) is 0.725. The van der Waals surface area contributed by atoms with Crippen molar-refractivity contribution in [2.75, 3.05) is 13.1 Å². The lowest BCUT2D eigenvalue weighted by Crippen LogP contribution is -2.44. The number of aromatic amines is 1. The molecule has 0 atom stereocenters. The summed E-state index contributed by atoms with van der Waals surface area (Å²) in [5, 5.41) is 9.82. The van der Waals surface area contributed by atoms with Gasteiger partial charge in [0.2, 0.25) is 0 Å². The second-order valence-corrected chi connectivity index (χ2v) is 6.75. The second-order valence-electron chi connectivity index (χ2n) is 6.75. The predicted octanol–water partition coefficient (Wildman–Crippen LogP) is 3.20. The molecule has 2 N–H and O–H groups in total. The van der Waals surface area contributed by atoms with Crippen LogP contribution in [-0.4, -0.2) is 40.1 Å². The highest BCUT2D eigenvalue weighted by atomic mass is 19.1. The van der Waals surface area contributed by atoms with Crippen molar-refractivity contribution in [3.05, 3.63) is 66.0 Å². The summed E-state index contributed by atoms with van der Waals surface area (Å²) in [5.74, 6) is 0.380. The van der Waals surface area contributed by atoms with Gasteiger partial charge in [0.25, 0.3) is 5.91 Å². The van der Waals surface area contributed by atoms with E-state index in [-0.39, 0.29) is 17.8 Å². The number of carbonyl (C=O) groups excluding carboxylic acids is 1. The summed E-state index contributed by atoms with van der Waals surface area (Å²) in [4.78, 5) is 14.8. The molecular weight excluding hydrogens is 347 g/mol. The van der Waals surface area contributed by atoms with Crippen molar-refractivity contribution in [3.63, 3.8) is 0 Å². The van der Waals surface area contributed by atoms with E-state index in [1.54, 1.807) is 30.5 Å². The van der Waals surface area contributed by atoms with Crippen molar-refractivity contribution in [2.24, 2.45) is 0 Å². The number of piperidine rings is 1. The molecule has 0 unspecified atom stereocenters. The molecule has 0 radical (unpaired) electrons. The number of hydrogen-bond acceptors (Lipinski definition) is 4. The maximum Gasteiger partial charge on any atom is 0.269 e. The van der Waals surface area contributed by atoms with Gasteiger partial charge in [-0.05, 0) is 43.2 Å². The van der Waals surface area contributed by atoms with Gasteiger partial charge in [-0.1, -0.05) is 12.1 Å². The van der Waals surface area contributed by atoms with E-state index in [0.29, 0.717) is 17.0 Å². The molecular formula is C20H21FN4O2. The minimum absolute atomic E-state index is 0.116. The van der Waals surface area contributed by atoms with Crippen molar-refractivity contribution in [3.8, 4) is 11.3 Å². The number of nitrogens with zero attached hydrogens (tertiary/aromatic N) is 2. The fourth-order valence-corrected chi connectivity index (χ4v) is 3.37. The number of rotatable bonds is 5. The Hall–Kier alpha value is -2.93. The van der Waals surface area contributed by atoms with Crippen molar-refractivity contribution >= 4 is 5.91 Å². The van der Waals surface area contributed by atoms with Gasteiger partial charge in [0, 0.05) is 24.7 Å². The van der Waals surface area contributed by atoms with Gasteiger partial charge in [-0.3, -0.25) is 14.8 Å². The van der Waals surface area contributed by atoms with E-state index in [9.17, 15) is 9.18 Å². The number of hydrogen-bond donors (Lipinski definition) is 2. The van der Waals surface area contributed by atoms with Gasteiger partial charge in [-0.2, -0.15) is 5.10 Å². The van der Waals surface area contributed by atoms with Gasteiger partial charge in [-0.25, -0.2) is 4.39 Å². The molecule has 27 heavy (non-hydrogen) atoms. The number of carbonyl (C=O) groups is 1. The summed E-state index contributed by atoms with van der Waals surface area (Å²) >= 11 is 0. The Balaban J connectivity index is 1.32. The average molecular weight is 368 g/mol. The number of aromatic nitrogens is 2. The number of nitrogens with one attached hydrogen (secondary N) is 2. The second kappa shape index (κ2) is 7.75. The highest BCUT2D eigenvalue weighted by molar-refractivity contribution is 5.93. The Morgan fingerprint density at radius 1 is 1.26 bits per heavy atom. The monoisotopic (exact) mass is 368 g/mol. The fourth-order valence-electron chi connectivity index (χ4n) is 3.37. The van der Waals surface area contributed by atoms with Gasteiger partial charge in [-0.15, -0.1) is 0 Å². The van der Waals surface area contributed by atoms with E-state index in [1.165, 1.54) is 6.07 Å². The minimum atomic E-state index is -0.361. The summed E-state index contributed by atoms with van der Waals surface area (Å²) in [5.41, 5.74) is 1.14.